The van der Waals surface area contributed by atoms with Crippen LogP contribution in [-0.4, -0.2) is 28.9 Å². The number of anilines is 1. The van der Waals surface area contributed by atoms with E-state index in [1.165, 1.54) is 0 Å². The number of halogens is 3. The monoisotopic (exact) mass is 306 g/mol. The molecule has 1 amide bonds. The van der Waals surface area contributed by atoms with E-state index in [2.05, 4.69) is 15.6 Å². The molecule has 7 nitrogen and oxygen atoms in total. The van der Waals surface area contributed by atoms with Crippen LogP contribution in [0.3, 0.4) is 0 Å². The van der Waals surface area contributed by atoms with E-state index in [4.69, 9.17) is 0 Å². The summed E-state index contributed by atoms with van der Waals surface area (Å²) in [4.78, 5) is 24.2. The fourth-order valence-corrected chi connectivity index (χ4v) is 1.39. The molecule has 116 valence electrons. The normalized spacial score (nSPS) is 11.0. The van der Waals surface area contributed by atoms with E-state index < -0.39 is 34.1 Å². The van der Waals surface area contributed by atoms with Crippen LogP contribution in [0.25, 0.3) is 0 Å². The van der Waals surface area contributed by atoms with Crippen molar-refractivity contribution in [3.63, 3.8) is 0 Å². The average Bonchev–Trinajstić information content (AvgIpc) is 2.41. The fraction of sp³-hybridized carbons (Fsp3) is 0.455. The molecule has 1 aromatic heterocycles. The lowest BCUT2D eigenvalue weighted by molar-refractivity contribution is -0.384. The number of aromatic nitrogens is 1. The molecule has 10 heteroatoms. The molecule has 1 rings (SSSR count). The van der Waals surface area contributed by atoms with Crippen molar-refractivity contribution in [3.05, 3.63) is 28.1 Å². The lowest BCUT2D eigenvalue weighted by Crippen LogP contribution is -2.30. The summed E-state index contributed by atoms with van der Waals surface area (Å²) >= 11 is 0. The molecular formula is C11H13F3N4O3. The van der Waals surface area contributed by atoms with Crippen LogP contribution in [-0.2, 0) is 11.0 Å². The van der Waals surface area contributed by atoms with Gasteiger partial charge in [0.05, 0.1) is 11.5 Å². The highest BCUT2D eigenvalue weighted by Crippen LogP contribution is 2.32. The molecule has 0 fully saturated rings. The molecule has 0 atom stereocenters. The second-order valence-corrected chi connectivity index (χ2v) is 4.05. The fourth-order valence-electron chi connectivity index (χ4n) is 1.39. The van der Waals surface area contributed by atoms with E-state index in [0.29, 0.717) is 25.2 Å². The second kappa shape index (κ2) is 6.86. The topological polar surface area (TPSA) is 97.2 Å². The standard InChI is InChI=1S/C11H13F3N4O3/c1-2-3-15-10(19)6-16-7-4-9(11(12,13)14)17-5-8(7)18(20)21/h4-5H,2-3,6H2,1H3,(H,15,19)(H,16,17). The molecule has 0 saturated carbocycles. The van der Waals surface area contributed by atoms with E-state index in [1.54, 1.807) is 0 Å². The second-order valence-electron chi connectivity index (χ2n) is 4.05. The molecule has 0 aliphatic heterocycles. The molecule has 2 N–H and O–H groups in total. The highest BCUT2D eigenvalue weighted by molar-refractivity contribution is 5.81. The van der Waals surface area contributed by atoms with Crippen molar-refractivity contribution in [2.45, 2.75) is 19.5 Å². The number of alkyl halides is 3. The SMILES string of the molecule is CCCNC(=O)CNc1cc(C(F)(F)F)ncc1[N+](=O)[O-]. The molecule has 0 spiro atoms. The van der Waals surface area contributed by atoms with Crippen molar-refractivity contribution in [3.8, 4) is 0 Å². The number of hydrogen-bond donors (Lipinski definition) is 2. The Hall–Kier alpha value is -2.39. The van der Waals surface area contributed by atoms with Gasteiger partial charge >= 0.3 is 11.9 Å². The van der Waals surface area contributed by atoms with Gasteiger partial charge < -0.3 is 10.6 Å². The van der Waals surface area contributed by atoms with Gasteiger partial charge in [0.1, 0.15) is 17.6 Å². The third kappa shape index (κ3) is 4.89. The van der Waals surface area contributed by atoms with Gasteiger partial charge in [-0.05, 0) is 12.5 Å². The Bertz CT molecular complexity index is 534. The maximum absolute atomic E-state index is 12.5. The number of nitrogens with one attached hydrogen (secondary N) is 2. The summed E-state index contributed by atoms with van der Waals surface area (Å²) in [6.45, 7) is 1.87. The van der Waals surface area contributed by atoms with Gasteiger partial charge in [0.2, 0.25) is 5.91 Å². The van der Waals surface area contributed by atoms with Crippen LogP contribution in [0.1, 0.15) is 19.0 Å². The maximum atomic E-state index is 12.5. The minimum absolute atomic E-state index is 0.373. The predicted molar refractivity (Wildman–Crippen MR) is 67.7 cm³/mol. The van der Waals surface area contributed by atoms with Gasteiger partial charge in [0.25, 0.3) is 0 Å². The molecule has 0 bridgehead atoms. The Morgan fingerprint density at radius 3 is 2.67 bits per heavy atom. The van der Waals surface area contributed by atoms with Crippen LogP contribution >= 0.6 is 0 Å². The van der Waals surface area contributed by atoms with E-state index in [1.807, 2.05) is 6.92 Å². The molecule has 0 unspecified atom stereocenters. The van der Waals surface area contributed by atoms with Crippen molar-refractivity contribution < 1.29 is 22.9 Å². The van der Waals surface area contributed by atoms with Crippen LogP contribution < -0.4 is 10.6 Å². The Morgan fingerprint density at radius 1 is 1.48 bits per heavy atom. The lowest BCUT2D eigenvalue weighted by Gasteiger charge is -2.10. The van der Waals surface area contributed by atoms with Crippen LogP contribution in [0.2, 0.25) is 0 Å². The molecular weight excluding hydrogens is 293 g/mol. The van der Waals surface area contributed by atoms with Gasteiger partial charge in [-0.2, -0.15) is 13.2 Å². The lowest BCUT2D eigenvalue weighted by atomic mass is 10.2. The van der Waals surface area contributed by atoms with E-state index >= 15 is 0 Å². The van der Waals surface area contributed by atoms with Gasteiger partial charge in [-0.1, -0.05) is 6.92 Å². The Balaban J connectivity index is 2.91. The summed E-state index contributed by atoms with van der Waals surface area (Å²) < 4.78 is 37.6. The van der Waals surface area contributed by atoms with Gasteiger partial charge in [-0.25, -0.2) is 4.98 Å². The van der Waals surface area contributed by atoms with Gasteiger partial charge in [-0.15, -0.1) is 0 Å². The number of nitrogens with zero attached hydrogens (tertiary/aromatic N) is 2. The van der Waals surface area contributed by atoms with Crippen LogP contribution in [0, 0.1) is 10.1 Å². The number of carbonyl (C=O) groups is 1. The summed E-state index contributed by atoms with van der Waals surface area (Å²) in [6.07, 6.45) is -3.52. The Kier molecular flexibility index (Phi) is 5.44. The van der Waals surface area contributed by atoms with Crippen molar-refractivity contribution in [2.24, 2.45) is 0 Å². The first-order valence-electron chi connectivity index (χ1n) is 5.98. The average molecular weight is 306 g/mol. The number of carbonyl (C=O) groups excluding carboxylic acids is 1. The van der Waals surface area contributed by atoms with E-state index in [-0.39, 0.29) is 6.54 Å². The summed E-state index contributed by atoms with van der Waals surface area (Å²) in [6, 6.07) is 0.505. The number of amides is 1. The number of hydrogen-bond acceptors (Lipinski definition) is 5. The van der Waals surface area contributed by atoms with Crippen LogP contribution in [0.4, 0.5) is 24.5 Å². The zero-order valence-corrected chi connectivity index (χ0v) is 11.0. The first-order valence-corrected chi connectivity index (χ1v) is 5.98. The molecule has 0 aromatic carbocycles. The highest BCUT2D eigenvalue weighted by atomic mass is 19.4. The summed E-state index contributed by atoms with van der Waals surface area (Å²) in [5, 5.41) is 15.6. The summed E-state index contributed by atoms with van der Waals surface area (Å²) in [5.74, 6) is -0.475. The third-order valence-corrected chi connectivity index (χ3v) is 2.38. The van der Waals surface area contributed by atoms with Gasteiger partial charge in [-0.3, -0.25) is 14.9 Å². The predicted octanol–water partition coefficient (Wildman–Crippen LogP) is 1.95. The molecule has 0 radical (unpaired) electrons. The number of pyridine rings is 1. The zero-order chi connectivity index (χ0) is 16.0. The van der Waals surface area contributed by atoms with Gasteiger partial charge in [0.15, 0.2) is 0 Å². The Morgan fingerprint density at radius 2 is 2.14 bits per heavy atom. The van der Waals surface area contributed by atoms with Crippen LogP contribution in [0.5, 0.6) is 0 Å². The van der Waals surface area contributed by atoms with Gasteiger partial charge in [0, 0.05) is 6.54 Å². The smallest absolute Gasteiger partial charge is 0.370 e. The molecule has 0 aliphatic carbocycles. The molecule has 1 aromatic rings. The maximum Gasteiger partial charge on any atom is 0.433 e. The third-order valence-electron chi connectivity index (χ3n) is 2.38. The zero-order valence-electron chi connectivity index (χ0n) is 11.0. The number of nitro groups is 1. The van der Waals surface area contributed by atoms with Crippen molar-refractivity contribution in [1.82, 2.24) is 10.3 Å². The van der Waals surface area contributed by atoms with Crippen molar-refractivity contribution in [2.75, 3.05) is 18.4 Å². The minimum Gasteiger partial charge on any atom is -0.370 e. The largest absolute Gasteiger partial charge is 0.433 e. The quantitative estimate of drug-likeness (QED) is 0.618. The first kappa shape index (κ1) is 16.7. The van der Waals surface area contributed by atoms with Crippen molar-refractivity contribution in [1.29, 1.82) is 0 Å². The summed E-state index contributed by atoms with van der Waals surface area (Å²) in [7, 11) is 0. The molecule has 21 heavy (non-hydrogen) atoms. The van der Waals surface area contributed by atoms with E-state index in [9.17, 15) is 28.1 Å². The molecule has 0 saturated heterocycles. The molecule has 0 aliphatic rings. The van der Waals surface area contributed by atoms with E-state index in [0.717, 1.165) is 0 Å². The summed E-state index contributed by atoms with van der Waals surface area (Å²) in [5.41, 5.74) is -2.31. The molecule has 1 heterocycles. The number of rotatable bonds is 6. The highest BCUT2D eigenvalue weighted by Gasteiger charge is 2.34. The minimum atomic E-state index is -4.73. The Labute approximate surface area is 117 Å². The van der Waals surface area contributed by atoms with Crippen molar-refractivity contribution >= 4 is 17.3 Å². The first-order chi connectivity index (χ1) is 9.75. The van der Waals surface area contributed by atoms with Crippen LogP contribution in [0.15, 0.2) is 12.3 Å².